The van der Waals surface area contributed by atoms with Crippen LogP contribution in [0, 0.1) is 0 Å². The monoisotopic (exact) mass is 297 g/mol. The van der Waals surface area contributed by atoms with E-state index in [0.29, 0.717) is 6.61 Å². The Morgan fingerprint density at radius 1 is 1.09 bits per heavy atom. The van der Waals surface area contributed by atoms with Crippen LogP contribution in [0.2, 0.25) is 0 Å². The summed E-state index contributed by atoms with van der Waals surface area (Å²) in [6.45, 7) is 2.62. The van der Waals surface area contributed by atoms with Gasteiger partial charge in [0.25, 0.3) is 0 Å². The minimum absolute atomic E-state index is 0.130. The molecule has 0 heterocycles. The summed E-state index contributed by atoms with van der Waals surface area (Å²) in [5.74, 6) is 1.55. The first-order valence-corrected chi connectivity index (χ1v) is 7.76. The lowest BCUT2D eigenvalue weighted by molar-refractivity contribution is 0.284. The Labute approximate surface area is 132 Å². The molecule has 2 aromatic rings. The molecule has 2 N–H and O–H groups in total. The summed E-state index contributed by atoms with van der Waals surface area (Å²) < 4.78 is 11.4. The summed E-state index contributed by atoms with van der Waals surface area (Å²) in [4.78, 5) is 0. The van der Waals surface area contributed by atoms with Crippen LogP contribution >= 0.6 is 0 Å². The first kappa shape index (κ1) is 14.9. The van der Waals surface area contributed by atoms with Gasteiger partial charge in [-0.2, -0.15) is 0 Å². The van der Waals surface area contributed by atoms with E-state index in [2.05, 4.69) is 31.2 Å². The summed E-state index contributed by atoms with van der Waals surface area (Å²) in [6.07, 6.45) is 2.30. The Morgan fingerprint density at radius 2 is 1.82 bits per heavy atom. The molecule has 1 saturated carbocycles. The van der Waals surface area contributed by atoms with Gasteiger partial charge in [0.1, 0.15) is 6.61 Å². The fraction of sp³-hybridized carbons (Fsp3) is 0.368. The maximum absolute atomic E-state index is 6.16. The van der Waals surface area contributed by atoms with Gasteiger partial charge in [0.2, 0.25) is 0 Å². The molecule has 0 aromatic heterocycles. The highest BCUT2D eigenvalue weighted by Crippen LogP contribution is 2.51. The van der Waals surface area contributed by atoms with Crippen LogP contribution in [0.5, 0.6) is 11.5 Å². The van der Waals surface area contributed by atoms with E-state index < -0.39 is 0 Å². The lowest BCUT2D eigenvalue weighted by Gasteiger charge is -2.21. The van der Waals surface area contributed by atoms with Gasteiger partial charge >= 0.3 is 0 Å². The molecule has 0 radical (unpaired) electrons. The van der Waals surface area contributed by atoms with Gasteiger partial charge in [0.05, 0.1) is 7.11 Å². The van der Waals surface area contributed by atoms with Crippen LogP contribution in [0.25, 0.3) is 0 Å². The molecule has 0 saturated heterocycles. The molecule has 3 heteroatoms. The zero-order valence-electron chi connectivity index (χ0n) is 13.2. The van der Waals surface area contributed by atoms with Gasteiger partial charge in [-0.05, 0) is 43.0 Å². The Hall–Kier alpha value is -2.00. The van der Waals surface area contributed by atoms with Crippen molar-refractivity contribution in [3.63, 3.8) is 0 Å². The van der Waals surface area contributed by atoms with Crippen molar-refractivity contribution in [3.05, 3.63) is 59.7 Å². The quantitative estimate of drug-likeness (QED) is 0.885. The molecule has 1 fully saturated rings. The summed E-state index contributed by atoms with van der Waals surface area (Å²) in [5, 5.41) is 0. The second-order valence-electron chi connectivity index (χ2n) is 6.08. The average molecular weight is 297 g/mol. The molecule has 116 valence electrons. The van der Waals surface area contributed by atoms with E-state index in [-0.39, 0.29) is 11.5 Å². The van der Waals surface area contributed by atoms with Gasteiger partial charge < -0.3 is 15.2 Å². The minimum atomic E-state index is 0.130. The van der Waals surface area contributed by atoms with Crippen LogP contribution in [-0.2, 0) is 12.0 Å². The second kappa shape index (κ2) is 6.01. The average Bonchev–Trinajstić information content (AvgIpc) is 3.35. The van der Waals surface area contributed by atoms with E-state index in [1.54, 1.807) is 7.11 Å². The Bertz CT molecular complexity index is 633. The van der Waals surface area contributed by atoms with Crippen LogP contribution < -0.4 is 15.2 Å². The third-order valence-electron chi connectivity index (χ3n) is 4.64. The van der Waals surface area contributed by atoms with Crippen molar-refractivity contribution in [3.8, 4) is 11.5 Å². The molecular weight excluding hydrogens is 274 g/mol. The third kappa shape index (κ3) is 2.81. The number of hydrogen-bond donors (Lipinski definition) is 1. The van der Waals surface area contributed by atoms with Crippen LogP contribution in [0.3, 0.4) is 0 Å². The lowest BCUT2D eigenvalue weighted by Crippen LogP contribution is -2.31. The molecular formula is C19H23NO2. The zero-order chi connectivity index (χ0) is 15.6. The number of methoxy groups -OCH3 is 1. The molecule has 1 unspecified atom stereocenters. The van der Waals surface area contributed by atoms with Gasteiger partial charge in [-0.25, -0.2) is 0 Å². The molecule has 0 amide bonds. The molecule has 1 aliphatic carbocycles. The van der Waals surface area contributed by atoms with Crippen LogP contribution in [0.4, 0.5) is 0 Å². The largest absolute Gasteiger partial charge is 0.493 e. The van der Waals surface area contributed by atoms with Crippen molar-refractivity contribution in [2.75, 3.05) is 7.11 Å². The molecule has 3 rings (SSSR count). The Balaban J connectivity index is 1.78. The third-order valence-corrected chi connectivity index (χ3v) is 4.64. The minimum Gasteiger partial charge on any atom is -0.493 e. The van der Waals surface area contributed by atoms with Gasteiger partial charge in [-0.15, -0.1) is 0 Å². The van der Waals surface area contributed by atoms with Gasteiger partial charge in [-0.1, -0.05) is 36.4 Å². The zero-order valence-corrected chi connectivity index (χ0v) is 13.2. The van der Waals surface area contributed by atoms with Gasteiger partial charge in [-0.3, -0.25) is 0 Å². The molecule has 1 atom stereocenters. The van der Waals surface area contributed by atoms with E-state index in [1.165, 1.54) is 5.56 Å². The predicted octanol–water partition coefficient (Wildman–Crippen LogP) is 3.65. The molecule has 0 aliphatic heterocycles. The molecule has 2 aromatic carbocycles. The van der Waals surface area contributed by atoms with Crippen molar-refractivity contribution in [2.24, 2.45) is 5.73 Å². The standard InChI is InChI=1S/C19H23NO2/c1-14(20)19(10-11-19)16-8-9-17(18(12-16)21-2)22-13-15-6-4-3-5-7-15/h3-9,12,14H,10-11,13,20H2,1-2H3. The van der Waals surface area contributed by atoms with Crippen LogP contribution in [-0.4, -0.2) is 13.2 Å². The predicted molar refractivity (Wildman–Crippen MR) is 88.3 cm³/mol. The number of rotatable bonds is 6. The van der Waals surface area contributed by atoms with E-state index in [4.69, 9.17) is 15.2 Å². The highest BCUT2D eigenvalue weighted by atomic mass is 16.5. The maximum Gasteiger partial charge on any atom is 0.161 e. The molecule has 3 nitrogen and oxygen atoms in total. The highest BCUT2D eigenvalue weighted by Gasteiger charge is 2.47. The van der Waals surface area contributed by atoms with Crippen molar-refractivity contribution >= 4 is 0 Å². The van der Waals surface area contributed by atoms with E-state index >= 15 is 0 Å². The number of nitrogens with two attached hydrogens (primary N) is 1. The molecule has 0 bridgehead atoms. The van der Waals surface area contributed by atoms with Crippen molar-refractivity contribution in [1.29, 1.82) is 0 Å². The Kier molecular flexibility index (Phi) is 4.08. The van der Waals surface area contributed by atoms with Crippen LogP contribution in [0.15, 0.2) is 48.5 Å². The normalized spacial score (nSPS) is 16.9. The van der Waals surface area contributed by atoms with E-state index in [0.717, 1.165) is 29.9 Å². The number of ether oxygens (including phenoxy) is 2. The summed E-state index contributed by atoms with van der Waals surface area (Å²) >= 11 is 0. The van der Waals surface area contributed by atoms with E-state index in [9.17, 15) is 0 Å². The fourth-order valence-corrected chi connectivity index (χ4v) is 2.97. The fourth-order valence-electron chi connectivity index (χ4n) is 2.97. The number of benzene rings is 2. The maximum atomic E-state index is 6.16. The van der Waals surface area contributed by atoms with Crippen molar-refractivity contribution in [1.82, 2.24) is 0 Å². The smallest absolute Gasteiger partial charge is 0.161 e. The summed E-state index contributed by atoms with van der Waals surface area (Å²) in [5.41, 5.74) is 8.68. The van der Waals surface area contributed by atoms with Gasteiger partial charge in [0.15, 0.2) is 11.5 Å². The molecule has 22 heavy (non-hydrogen) atoms. The van der Waals surface area contributed by atoms with Crippen molar-refractivity contribution in [2.45, 2.75) is 37.8 Å². The van der Waals surface area contributed by atoms with E-state index in [1.807, 2.05) is 24.3 Å². The van der Waals surface area contributed by atoms with Crippen molar-refractivity contribution < 1.29 is 9.47 Å². The summed E-state index contributed by atoms with van der Waals surface area (Å²) in [6, 6.07) is 16.5. The topological polar surface area (TPSA) is 44.5 Å². The Morgan fingerprint density at radius 3 is 2.41 bits per heavy atom. The van der Waals surface area contributed by atoms with Crippen LogP contribution in [0.1, 0.15) is 30.9 Å². The first-order chi connectivity index (χ1) is 10.7. The lowest BCUT2D eigenvalue weighted by atomic mass is 9.89. The first-order valence-electron chi connectivity index (χ1n) is 7.76. The molecule has 1 aliphatic rings. The highest BCUT2D eigenvalue weighted by molar-refractivity contribution is 5.47. The SMILES string of the molecule is COc1cc(C2(C(C)N)CC2)ccc1OCc1ccccc1. The molecule has 0 spiro atoms. The van der Waals surface area contributed by atoms with Gasteiger partial charge in [0, 0.05) is 11.5 Å². The second-order valence-corrected chi connectivity index (χ2v) is 6.08. The number of hydrogen-bond acceptors (Lipinski definition) is 3. The summed E-state index contributed by atoms with van der Waals surface area (Å²) in [7, 11) is 1.68.